The number of nitrogens with zero attached hydrogens (tertiary/aromatic N) is 1. The summed E-state index contributed by atoms with van der Waals surface area (Å²) in [4.78, 5) is 26.8. The quantitative estimate of drug-likeness (QED) is 0.359. The van der Waals surface area contributed by atoms with Gasteiger partial charge in [-0.2, -0.15) is 0 Å². The number of carbonyl (C=O) groups is 2. The fourth-order valence-electron chi connectivity index (χ4n) is 3.54. The van der Waals surface area contributed by atoms with E-state index < -0.39 is 51.5 Å². The number of Topliss-reactive ketones (excluding diaryl/α,β-unsaturated/α-hetero) is 1. The van der Waals surface area contributed by atoms with E-state index in [-0.39, 0.29) is 11.3 Å². The highest BCUT2D eigenvalue weighted by atomic mass is 32.2. The SMILES string of the molecule is O=C(C[S+]([O-])C1C(=O)N(c2ccc(F)cc2)C1c1ccc(O)cc1)c1ccc(F)cc1. The van der Waals surface area contributed by atoms with Crippen LogP contribution in [0.15, 0.2) is 72.8 Å². The summed E-state index contributed by atoms with van der Waals surface area (Å²) in [5, 5.41) is 8.59. The highest BCUT2D eigenvalue weighted by molar-refractivity contribution is 7.93. The number of aromatic hydroxyl groups is 1. The Bertz CT molecular complexity index is 1100. The highest BCUT2D eigenvalue weighted by Gasteiger charge is 2.56. The van der Waals surface area contributed by atoms with E-state index in [9.17, 15) is 28.0 Å². The van der Waals surface area contributed by atoms with Crippen LogP contribution < -0.4 is 4.90 Å². The molecule has 3 aromatic rings. The molecule has 8 heteroatoms. The predicted molar refractivity (Wildman–Crippen MR) is 112 cm³/mol. The summed E-state index contributed by atoms with van der Waals surface area (Å²) in [5.41, 5.74) is 1.26. The molecule has 1 aliphatic heterocycles. The Morgan fingerprint density at radius 1 is 0.935 bits per heavy atom. The molecule has 4 rings (SSSR count). The summed E-state index contributed by atoms with van der Waals surface area (Å²) in [6.45, 7) is 0. The van der Waals surface area contributed by atoms with Crippen molar-refractivity contribution >= 4 is 28.6 Å². The minimum Gasteiger partial charge on any atom is -0.615 e. The van der Waals surface area contributed by atoms with Crippen LogP contribution in [0.5, 0.6) is 5.75 Å². The van der Waals surface area contributed by atoms with Crippen molar-refractivity contribution in [3.05, 3.63) is 95.6 Å². The number of β-lactam (4-membered cyclic amide) rings is 1. The third-order valence-corrected chi connectivity index (χ3v) is 6.68. The fraction of sp³-hybridized carbons (Fsp3) is 0.130. The molecule has 1 amide bonds. The number of anilines is 1. The van der Waals surface area contributed by atoms with Gasteiger partial charge < -0.3 is 9.66 Å². The largest absolute Gasteiger partial charge is 0.615 e. The first-order chi connectivity index (χ1) is 14.8. The molecule has 1 saturated heterocycles. The normalized spacial score (nSPS) is 19.1. The summed E-state index contributed by atoms with van der Waals surface area (Å²) in [6.07, 6.45) is 0. The Balaban J connectivity index is 1.61. The van der Waals surface area contributed by atoms with Crippen molar-refractivity contribution in [3.63, 3.8) is 0 Å². The van der Waals surface area contributed by atoms with Crippen molar-refractivity contribution in [2.24, 2.45) is 0 Å². The van der Waals surface area contributed by atoms with Gasteiger partial charge in [0.25, 0.3) is 5.91 Å². The lowest BCUT2D eigenvalue weighted by molar-refractivity contribution is -0.123. The molecule has 0 aliphatic carbocycles. The smallest absolute Gasteiger partial charge is 0.283 e. The maximum atomic E-state index is 13.3. The average Bonchev–Trinajstić information content (AvgIpc) is 2.74. The molecular formula is C23H17F2NO4S. The molecule has 3 atom stereocenters. The monoisotopic (exact) mass is 441 g/mol. The number of hydrogen-bond acceptors (Lipinski definition) is 4. The number of phenolic OH excluding ortho intramolecular Hbond substituents is 1. The Hall–Kier alpha value is -3.23. The molecule has 1 fully saturated rings. The van der Waals surface area contributed by atoms with E-state index >= 15 is 0 Å². The lowest BCUT2D eigenvalue weighted by Crippen LogP contribution is -2.63. The van der Waals surface area contributed by atoms with Crippen LogP contribution in [-0.4, -0.2) is 32.4 Å². The number of rotatable bonds is 6. The number of carbonyl (C=O) groups excluding carboxylic acids is 2. The maximum absolute atomic E-state index is 13.3. The van der Waals surface area contributed by atoms with E-state index in [0.717, 1.165) is 12.1 Å². The second-order valence-corrected chi connectivity index (χ2v) is 8.65. The topological polar surface area (TPSA) is 80.7 Å². The third kappa shape index (κ3) is 4.17. The van der Waals surface area contributed by atoms with E-state index in [1.54, 1.807) is 12.1 Å². The fourth-order valence-corrected chi connectivity index (χ4v) is 5.05. The zero-order valence-electron chi connectivity index (χ0n) is 16.1. The van der Waals surface area contributed by atoms with Gasteiger partial charge in [0.15, 0.2) is 5.75 Å². The first-order valence-electron chi connectivity index (χ1n) is 9.38. The van der Waals surface area contributed by atoms with Gasteiger partial charge in [-0.15, -0.1) is 0 Å². The number of halogens is 2. The van der Waals surface area contributed by atoms with Crippen LogP contribution in [0.3, 0.4) is 0 Å². The predicted octanol–water partition coefficient (Wildman–Crippen LogP) is 3.76. The van der Waals surface area contributed by atoms with Gasteiger partial charge >= 0.3 is 0 Å². The van der Waals surface area contributed by atoms with Crippen molar-refractivity contribution in [2.75, 3.05) is 10.7 Å². The Morgan fingerprint density at radius 2 is 1.48 bits per heavy atom. The number of hydrogen-bond donors (Lipinski definition) is 1. The van der Waals surface area contributed by atoms with Crippen molar-refractivity contribution in [1.29, 1.82) is 0 Å². The molecule has 0 saturated carbocycles. The van der Waals surface area contributed by atoms with Gasteiger partial charge in [0.05, 0.1) is 0 Å². The van der Waals surface area contributed by atoms with Crippen molar-refractivity contribution in [2.45, 2.75) is 11.3 Å². The van der Waals surface area contributed by atoms with E-state index in [4.69, 9.17) is 0 Å². The number of amides is 1. The van der Waals surface area contributed by atoms with Gasteiger partial charge in [-0.1, -0.05) is 12.1 Å². The van der Waals surface area contributed by atoms with Crippen molar-refractivity contribution < 1.29 is 28.0 Å². The van der Waals surface area contributed by atoms with E-state index in [2.05, 4.69) is 0 Å². The van der Waals surface area contributed by atoms with Crippen LogP contribution in [0.25, 0.3) is 0 Å². The second kappa shape index (κ2) is 8.49. The summed E-state index contributed by atoms with van der Waals surface area (Å²) in [7, 11) is 0. The Labute approximate surface area is 180 Å². The average molecular weight is 441 g/mol. The molecular weight excluding hydrogens is 424 g/mol. The maximum Gasteiger partial charge on any atom is 0.283 e. The molecule has 5 nitrogen and oxygen atoms in total. The standard InChI is InChI=1S/C23H17F2NO4S/c24-16-5-1-14(2-6-16)20(28)13-31(30)22-21(15-3-11-19(27)12-4-15)26(23(22)29)18-9-7-17(25)8-10-18/h1-12,21-22,27H,13H2. The summed E-state index contributed by atoms with van der Waals surface area (Å²) >= 11 is -1.85. The molecule has 31 heavy (non-hydrogen) atoms. The highest BCUT2D eigenvalue weighted by Crippen LogP contribution is 2.43. The van der Waals surface area contributed by atoms with E-state index in [0.29, 0.717) is 11.3 Å². The van der Waals surface area contributed by atoms with Gasteiger partial charge in [0.2, 0.25) is 11.0 Å². The summed E-state index contributed by atoms with van der Waals surface area (Å²) < 4.78 is 39.4. The van der Waals surface area contributed by atoms with Crippen LogP contribution in [0.1, 0.15) is 22.0 Å². The van der Waals surface area contributed by atoms with Crippen molar-refractivity contribution in [3.8, 4) is 5.75 Å². The molecule has 1 aliphatic rings. The molecule has 3 aromatic carbocycles. The number of ketones is 1. The Morgan fingerprint density at radius 3 is 2.06 bits per heavy atom. The minimum atomic E-state index is -1.85. The number of phenols is 1. The molecule has 3 unspecified atom stereocenters. The molecule has 1 heterocycles. The van der Waals surface area contributed by atoms with Gasteiger partial charge in [-0.25, -0.2) is 8.78 Å². The molecule has 1 N–H and O–H groups in total. The van der Waals surface area contributed by atoms with Crippen LogP contribution in [-0.2, 0) is 16.0 Å². The van der Waals surface area contributed by atoms with Gasteiger partial charge in [-0.3, -0.25) is 14.5 Å². The minimum absolute atomic E-state index is 0.0342. The molecule has 0 aromatic heterocycles. The van der Waals surface area contributed by atoms with Gasteiger partial charge in [0.1, 0.15) is 23.4 Å². The summed E-state index contributed by atoms with van der Waals surface area (Å²) in [5.74, 6) is -2.22. The third-order valence-electron chi connectivity index (χ3n) is 5.11. The zero-order chi connectivity index (χ0) is 22.1. The van der Waals surface area contributed by atoms with Crippen LogP contribution in [0, 0.1) is 11.6 Å². The van der Waals surface area contributed by atoms with E-state index in [1.807, 2.05) is 0 Å². The molecule has 158 valence electrons. The lowest BCUT2D eigenvalue weighted by Gasteiger charge is -2.46. The first kappa shape index (κ1) is 21.0. The van der Waals surface area contributed by atoms with Crippen molar-refractivity contribution in [1.82, 2.24) is 0 Å². The lowest BCUT2D eigenvalue weighted by atomic mass is 9.92. The molecule has 0 bridgehead atoms. The molecule has 0 spiro atoms. The van der Waals surface area contributed by atoms with Crippen LogP contribution in [0.2, 0.25) is 0 Å². The van der Waals surface area contributed by atoms with Crippen LogP contribution in [0.4, 0.5) is 14.5 Å². The first-order valence-corrected chi connectivity index (χ1v) is 10.8. The summed E-state index contributed by atoms with van der Waals surface area (Å²) in [6, 6.07) is 15.7. The molecule has 0 radical (unpaired) electrons. The Kier molecular flexibility index (Phi) is 5.75. The number of benzene rings is 3. The van der Waals surface area contributed by atoms with E-state index in [1.165, 1.54) is 53.4 Å². The second-order valence-electron chi connectivity index (χ2n) is 7.10. The zero-order valence-corrected chi connectivity index (χ0v) is 16.9. The van der Waals surface area contributed by atoms with Crippen LogP contribution >= 0.6 is 0 Å². The van der Waals surface area contributed by atoms with Gasteiger partial charge in [-0.05, 0) is 77.4 Å². The van der Waals surface area contributed by atoms with Gasteiger partial charge in [0, 0.05) is 11.3 Å².